The predicted molar refractivity (Wildman–Crippen MR) is 234 cm³/mol. The summed E-state index contributed by atoms with van der Waals surface area (Å²) >= 11 is 0. The van der Waals surface area contributed by atoms with Crippen molar-refractivity contribution in [1.29, 1.82) is 0 Å². The fraction of sp³-hybridized carbons (Fsp3) is 0.0566. The van der Waals surface area contributed by atoms with Crippen LogP contribution in [0.15, 0.2) is 206 Å². The third kappa shape index (κ3) is 5.57. The Morgan fingerprint density at radius 1 is 0.345 bits per heavy atom. The molecule has 10 rings (SSSR count). The van der Waals surface area contributed by atoms with Crippen molar-refractivity contribution in [2.45, 2.75) is 19.3 Å². The quantitative estimate of drug-likeness (QED) is 0.163. The Morgan fingerprint density at radius 2 is 0.855 bits per heavy atom. The maximum Gasteiger partial charge on any atom is 0.0543 e. The van der Waals surface area contributed by atoms with Gasteiger partial charge in [-0.3, -0.25) is 0 Å². The van der Waals surface area contributed by atoms with Gasteiger partial charge >= 0.3 is 0 Å². The Balaban J connectivity index is 1.06. The summed E-state index contributed by atoms with van der Waals surface area (Å²) in [6.07, 6.45) is 0. The summed E-state index contributed by atoms with van der Waals surface area (Å²) in [5.74, 6) is 0. The van der Waals surface area contributed by atoms with Gasteiger partial charge in [0, 0.05) is 39.2 Å². The lowest BCUT2D eigenvalue weighted by molar-refractivity contribution is 0.661. The molecule has 0 spiro atoms. The van der Waals surface area contributed by atoms with Crippen molar-refractivity contribution in [2.75, 3.05) is 9.80 Å². The lowest BCUT2D eigenvalue weighted by Crippen LogP contribution is -2.17. The van der Waals surface area contributed by atoms with Gasteiger partial charge in [0.15, 0.2) is 0 Å². The molecule has 1 aliphatic rings. The number of fused-ring (bicyclic) bond motifs is 6. The molecule has 0 N–H and O–H groups in total. The Morgan fingerprint density at radius 3 is 1.51 bits per heavy atom. The van der Waals surface area contributed by atoms with E-state index in [1.807, 2.05) is 0 Å². The van der Waals surface area contributed by atoms with E-state index in [2.05, 4.69) is 230 Å². The highest BCUT2D eigenvalue weighted by Crippen LogP contribution is 2.55. The minimum absolute atomic E-state index is 0.210. The molecule has 2 nitrogen and oxygen atoms in total. The van der Waals surface area contributed by atoms with Crippen LogP contribution < -0.4 is 9.80 Å². The molecule has 0 heterocycles. The number of para-hydroxylation sites is 3. The second-order valence-corrected chi connectivity index (χ2v) is 15.0. The summed E-state index contributed by atoms with van der Waals surface area (Å²) < 4.78 is 0. The minimum Gasteiger partial charge on any atom is -0.310 e. The van der Waals surface area contributed by atoms with Gasteiger partial charge in [0.25, 0.3) is 0 Å². The molecule has 0 fully saturated rings. The van der Waals surface area contributed by atoms with Crippen LogP contribution in [0.3, 0.4) is 0 Å². The largest absolute Gasteiger partial charge is 0.310 e. The molecule has 0 bridgehead atoms. The summed E-state index contributed by atoms with van der Waals surface area (Å²) in [5.41, 5.74) is 14.5. The van der Waals surface area contributed by atoms with Crippen LogP contribution in [0.4, 0.5) is 34.1 Å². The van der Waals surface area contributed by atoms with Crippen molar-refractivity contribution in [3.05, 3.63) is 217 Å². The van der Waals surface area contributed by atoms with Crippen molar-refractivity contribution >= 4 is 55.7 Å². The maximum absolute atomic E-state index is 2.46. The standard InChI is InChI=1S/C53H40N2/c1-53(2)49-35-40(38-26-30-44(31-27-38)54(41-18-6-3-7-19-41)45-32-28-37-16-12-13-17-39(37)34-45)29-33-48(49)52-47-25-15-14-24-46(47)51(36-50(52)53)55(42-20-8-4-9-21-42)43-22-10-5-11-23-43/h3-36H,1-2H3. The first-order chi connectivity index (χ1) is 27.0. The zero-order chi connectivity index (χ0) is 36.9. The zero-order valence-electron chi connectivity index (χ0n) is 31.0. The van der Waals surface area contributed by atoms with Gasteiger partial charge in [-0.15, -0.1) is 0 Å². The van der Waals surface area contributed by atoms with Crippen LogP contribution in [0, 0.1) is 0 Å². The molecule has 1 aliphatic carbocycles. The minimum atomic E-state index is -0.210. The van der Waals surface area contributed by atoms with Gasteiger partial charge in [-0.2, -0.15) is 0 Å². The van der Waals surface area contributed by atoms with Gasteiger partial charge < -0.3 is 9.80 Å². The van der Waals surface area contributed by atoms with E-state index in [9.17, 15) is 0 Å². The summed E-state index contributed by atoms with van der Waals surface area (Å²) in [6.45, 7) is 4.78. The molecule has 9 aromatic rings. The van der Waals surface area contributed by atoms with Crippen LogP contribution in [0.25, 0.3) is 43.8 Å². The maximum atomic E-state index is 2.46. The van der Waals surface area contributed by atoms with Crippen molar-refractivity contribution in [2.24, 2.45) is 0 Å². The number of anilines is 6. The van der Waals surface area contributed by atoms with E-state index in [4.69, 9.17) is 0 Å². The smallest absolute Gasteiger partial charge is 0.0543 e. The molecular formula is C53H40N2. The molecule has 0 radical (unpaired) electrons. The molecule has 0 amide bonds. The molecule has 0 unspecified atom stereocenters. The van der Waals surface area contributed by atoms with E-state index in [-0.39, 0.29) is 5.41 Å². The van der Waals surface area contributed by atoms with E-state index < -0.39 is 0 Å². The molecule has 0 saturated heterocycles. The number of benzene rings is 9. The molecule has 0 atom stereocenters. The number of rotatable bonds is 7. The first kappa shape index (κ1) is 32.7. The summed E-state index contributed by atoms with van der Waals surface area (Å²) in [6, 6.07) is 74.9. The average Bonchev–Trinajstić information content (AvgIpc) is 3.47. The molecule has 0 aromatic heterocycles. The predicted octanol–water partition coefficient (Wildman–Crippen LogP) is 14.9. The fourth-order valence-electron chi connectivity index (χ4n) is 8.65. The topological polar surface area (TPSA) is 6.48 Å². The summed E-state index contributed by atoms with van der Waals surface area (Å²) in [4.78, 5) is 4.75. The first-order valence-corrected chi connectivity index (χ1v) is 19.1. The van der Waals surface area contributed by atoms with Gasteiger partial charge in [-0.05, 0) is 122 Å². The summed E-state index contributed by atoms with van der Waals surface area (Å²) in [5, 5.41) is 4.99. The van der Waals surface area contributed by atoms with Crippen LogP contribution in [-0.2, 0) is 5.41 Å². The highest BCUT2D eigenvalue weighted by Gasteiger charge is 2.38. The lowest BCUT2D eigenvalue weighted by Gasteiger charge is -2.29. The Labute approximate surface area is 323 Å². The van der Waals surface area contributed by atoms with Gasteiger partial charge in [0.05, 0.1) is 5.69 Å². The Kier molecular flexibility index (Phi) is 7.85. The number of hydrogen-bond acceptors (Lipinski definition) is 2. The van der Waals surface area contributed by atoms with Gasteiger partial charge in [-0.1, -0.05) is 147 Å². The van der Waals surface area contributed by atoms with Crippen molar-refractivity contribution in [3.8, 4) is 22.3 Å². The monoisotopic (exact) mass is 704 g/mol. The fourth-order valence-corrected chi connectivity index (χ4v) is 8.65. The van der Waals surface area contributed by atoms with Crippen molar-refractivity contribution in [3.63, 3.8) is 0 Å². The second kappa shape index (κ2) is 13.2. The van der Waals surface area contributed by atoms with Crippen LogP contribution in [-0.4, -0.2) is 0 Å². The summed E-state index contributed by atoms with van der Waals surface area (Å²) in [7, 11) is 0. The van der Waals surface area contributed by atoms with E-state index in [1.54, 1.807) is 0 Å². The Hall–Kier alpha value is -6.90. The third-order valence-electron chi connectivity index (χ3n) is 11.4. The first-order valence-electron chi connectivity index (χ1n) is 19.1. The molecule has 0 saturated carbocycles. The van der Waals surface area contributed by atoms with Gasteiger partial charge in [0.1, 0.15) is 0 Å². The molecule has 9 aromatic carbocycles. The van der Waals surface area contributed by atoms with Crippen molar-refractivity contribution < 1.29 is 0 Å². The van der Waals surface area contributed by atoms with Crippen LogP contribution in [0.2, 0.25) is 0 Å². The van der Waals surface area contributed by atoms with Crippen LogP contribution in [0.1, 0.15) is 25.0 Å². The highest BCUT2D eigenvalue weighted by atomic mass is 15.1. The van der Waals surface area contributed by atoms with E-state index >= 15 is 0 Å². The normalized spacial score (nSPS) is 12.7. The van der Waals surface area contributed by atoms with E-state index in [1.165, 1.54) is 60.6 Å². The van der Waals surface area contributed by atoms with Crippen LogP contribution >= 0.6 is 0 Å². The van der Waals surface area contributed by atoms with E-state index in [0.29, 0.717) is 0 Å². The Bertz CT molecular complexity index is 2780. The number of hydrogen-bond donors (Lipinski definition) is 0. The van der Waals surface area contributed by atoms with Crippen LogP contribution in [0.5, 0.6) is 0 Å². The van der Waals surface area contributed by atoms with Gasteiger partial charge in [-0.25, -0.2) is 0 Å². The molecular weight excluding hydrogens is 665 g/mol. The molecule has 0 aliphatic heterocycles. The molecule has 2 heteroatoms. The average molecular weight is 705 g/mol. The molecule has 55 heavy (non-hydrogen) atoms. The third-order valence-corrected chi connectivity index (χ3v) is 11.4. The van der Waals surface area contributed by atoms with Crippen molar-refractivity contribution in [1.82, 2.24) is 0 Å². The zero-order valence-corrected chi connectivity index (χ0v) is 31.0. The lowest BCUT2D eigenvalue weighted by atomic mass is 9.81. The molecule has 262 valence electrons. The van der Waals surface area contributed by atoms with E-state index in [0.717, 1.165) is 28.4 Å². The number of nitrogens with zero attached hydrogens (tertiary/aromatic N) is 2. The SMILES string of the molecule is CC1(C)c2cc(-c3ccc(N(c4ccccc4)c4ccc5ccccc5c4)cc3)ccc2-c2c1cc(N(c1ccccc1)c1ccccc1)c1ccccc21. The van der Waals surface area contributed by atoms with Gasteiger partial charge in [0.2, 0.25) is 0 Å². The second-order valence-electron chi connectivity index (χ2n) is 15.0. The highest BCUT2D eigenvalue weighted by molar-refractivity contribution is 6.10.